The number of fused-ring (bicyclic) bond motifs is 6. The number of rotatable bonds is 10. The van der Waals surface area contributed by atoms with E-state index in [2.05, 4.69) is 313 Å². The fourth-order valence-electron chi connectivity index (χ4n) is 12.1. The third kappa shape index (κ3) is 7.41. The molecule has 0 unspecified atom stereocenters. The van der Waals surface area contributed by atoms with Crippen LogP contribution in [0.15, 0.2) is 303 Å². The first-order valence-corrected chi connectivity index (χ1v) is 25.9. The number of anilines is 3. The zero-order valence-electron chi connectivity index (χ0n) is 41.3. The first-order chi connectivity index (χ1) is 37.2. The molecule has 75 heavy (non-hydrogen) atoms. The van der Waals surface area contributed by atoms with Crippen LogP contribution in [0.1, 0.15) is 22.3 Å². The average Bonchev–Trinajstić information content (AvgIpc) is 4.04. The van der Waals surface area contributed by atoms with E-state index in [-0.39, 0.29) is 0 Å². The van der Waals surface area contributed by atoms with Gasteiger partial charge in [-0.3, -0.25) is 0 Å². The van der Waals surface area contributed by atoms with Gasteiger partial charge in [-0.2, -0.15) is 0 Å². The van der Waals surface area contributed by atoms with E-state index < -0.39 is 5.41 Å². The van der Waals surface area contributed by atoms with Crippen molar-refractivity contribution in [2.45, 2.75) is 5.41 Å². The molecule has 0 bridgehead atoms. The van der Waals surface area contributed by atoms with E-state index in [1.807, 2.05) is 0 Å². The molecule has 0 saturated heterocycles. The molecule has 0 radical (unpaired) electrons. The molecule has 1 aliphatic carbocycles. The molecule has 2 heteroatoms. The maximum absolute atomic E-state index is 2.49. The molecule has 0 N–H and O–H groups in total. The molecule has 352 valence electrons. The first kappa shape index (κ1) is 44.0. The van der Waals surface area contributed by atoms with Gasteiger partial charge in [0, 0.05) is 39.1 Å². The fourth-order valence-corrected chi connectivity index (χ4v) is 12.1. The lowest BCUT2D eigenvalue weighted by Crippen LogP contribution is -2.28. The molecule has 0 fully saturated rings. The van der Waals surface area contributed by atoms with Crippen LogP contribution < -0.4 is 4.90 Å². The highest BCUT2D eigenvalue weighted by molar-refractivity contribution is 6.16. The lowest BCUT2D eigenvalue weighted by Gasteiger charge is -2.35. The standard InChI is InChI=1S/C73H50N2/c1-7-21-51(22-8-1)54-35-38-60(39-36-54)74(63-44-45-65-64-33-19-20-34-69(64)73(70(65)50-63,58-29-15-5-16-30-58)59-31-17-6-18-32-59)61-40-42-62(43-41-61)75-71-46-37-56(52-23-9-2-10-24-52)47-67(71)68-49-57(53-25-11-3-12-26-53)48-66(72(68)75)55-27-13-4-14-28-55/h1-50H. The van der Waals surface area contributed by atoms with Crippen LogP contribution in [0.25, 0.3) is 83.1 Å². The quantitative estimate of drug-likeness (QED) is 0.133. The summed E-state index contributed by atoms with van der Waals surface area (Å²) in [5, 5.41) is 2.43. The van der Waals surface area contributed by atoms with E-state index in [0.29, 0.717) is 0 Å². The van der Waals surface area contributed by atoms with E-state index in [4.69, 9.17) is 0 Å². The molecule has 2 nitrogen and oxygen atoms in total. The molecule has 0 spiro atoms. The third-order valence-corrected chi connectivity index (χ3v) is 15.5. The summed E-state index contributed by atoms with van der Waals surface area (Å²) in [5.41, 5.74) is 23.2. The summed E-state index contributed by atoms with van der Waals surface area (Å²) in [6.45, 7) is 0. The highest BCUT2D eigenvalue weighted by Gasteiger charge is 2.46. The van der Waals surface area contributed by atoms with Gasteiger partial charge in [0.05, 0.1) is 16.4 Å². The van der Waals surface area contributed by atoms with Crippen molar-refractivity contribution in [3.8, 4) is 61.3 Å². The number of aromatic nitrogens is 1. The van der Waals surface area contributed by atoms with Gasteiger partial charge >= 0.3 is 0 Å². The van der Waals surface area contributed by atoms with Gasteiger partial charge in [0.15, 0.2) is 0 Å². The Bertz CT molecular complexity index is 4130. The highest BCUT2D eigenvalue weighted by Crippen LogP contribution is 2.57. The van der Waals surface area contributed by atoms with E-state index in [9.17, 15) is 0 Å². The Hall–Kier alpha value is -9.76. The van der Waals surface area contributed by atoms with Crippen LogP contribution in [-0.2, 0) is 5.41 Å². The van der Waals surface area contributed by atoms with Crippen molar-refractivity contribution >= 4 is 38.9 Å². The van der Waals surface area contributed by atoms with Crippen molar-refractivity contribution in [3.05, 3.63) is 326 Å². The number of hydrogen-bond donors (Lipinski definition) is 0. The normalized spacial score (nSPS) is 12.4. The SMILES string of the molecule is c1ccc(-c2ccc(N(c3ccc(-n4c5ccc(-c6ccccc6)cc5c5cc(-c6ccccc6)cc(-c6ccccc6)c54)cc3)c3ccc4c(c3)C(c3ccccc3)(c3ccccc3)c3ccccc3-4)cc2)cc1. The van der Waals surface area contributed by atoms with Gasteiger partial charge in [-0.25, -0.2) is 0 Å². The molecule has 13 aromatic rings. The van der Waals surface area contributed by atoms with Crippen LogP contribution in [0.2, 0.25) is 0 Å². The fraction of sp³-hybridized carbons (Fsp3) is 0.0137. The highest BCUT2D eigenvalue weighted by atomic mass is 15.1. The van der Waals surface area contributed by atoms with E-state index in [0.717, 1.165) is 28.3 Å². The number of benzene rings is 12. The number of hydrogen-bond acceptors (Lipinski definition) is 1. The summed E-state index contributed by atoms with van der Waals surface area (Å²) in [7, 11) is 0. The smallest absolute Gasteiger partial charge is 0.0714 e. The van der Waals surface area contributed by atoms with Crippen LogP contribution in [0.3, 0.4) is 0 Å². The van der Waals surface area contributed by atoms with Crippen molar-refractivity contribution < 1.29 is 0 Å². The molecular weight excluding hydrogens is 905 g/mol. The van der Waals surface area contributed by atoms with Crippen molar-refractivity contribution in [2.75, 3.05) is 4.90 Å². The summed E-state index contributed by atoms with van der Waals surface area (Å²) in [6, 6.07) is 111. The van der Waals surface area contributed by atoms with Crippen LogP contribution in [0, 0.1) is 0 Å². The Balaban J connectivity index is 0.981. The molecule has 0 aliphatic heterocycles. The maximum Gasteiger partial charge on any atom is 0.0714 e. The summed E-state index contributed by atoms with van der Waals surface area (Å²) >= 11 is 0. The van der Waals surface area contributed by atoms with E-state index in [1.165, 1.54) is 94.2 Å². The Morgan fingerprint density at radius 3 is 1.31 bits per heavy atom. The second kappa shape index (κ2) is 18.4. The van der Waals surface area contributed by atoms with Gasteiger partial charge in [0.1, 0.15) is 0 Å². The van der Waals surface area contributed by atoms with Gasteiger partial charge in [-0.15, -0.1) is 0 Å². The molecule has 12 aromatic carbocycles. The summed E-state index contributed by atoms with van der Waals surface area (Å²) in [5.74, 6) is 0. The van der Waals surface area contributed by atoms with Crippen molar-refractivity contribution in [1.82, 2.24) is 4.57 Å². The minimum atomic E-state index is -0.537. The monoisotopic (exact) mass is 954 g/mol. The van der Waals surface area contributed by atoms with Gasteiger partial charge in [-0.05, 0) is 145 Å². The molecule has 14 rings (SSSR count). The zero-order valence-corrected chi connectivity index (χ0v) is 41.3. The molecular formula is C73H50N2. The van der Waals surface area contributed by atoms with Gasteiger partial charge in [0.25, 0.3) is 0 Å². The topological polar surface area (TPSA) is 8.17 Å². The predicted molar refractivity (Wildman–Crippen MR) is 315 cm³/mol. The Morgan fingerprint density at radius 2 is 0.707 bits per heavy atom. The van der Waals surface area contributed by atoms with Gasteiger partial charge < -0.3 is 9.47 Å². The van der Waals surface area contributed by atoms with E-state index >= 15 is 0 Å². The Morgan fingerprint density at radius 1 is 0.267 bits per heavy atom. The van der Waals surface area contributed by atoms with Crippen molar-refractivity contribution in [1.29, 1.82) is 0 Å². The minimum Gasteiger partial charge on any atom is -0.310 e. The third-order valence-electron chi connectivity index (χ3n) is 15.5. The second-order valence-electron chi connectivity index (χ2n) is 19.6. The summed E-state index contributed by atoms with van der Waals surface area (Å²) in [6.07, 6.45) is 0. The molecule has 1 aliphatic rings. The molecule has 1 aromatic heterocycles. The number of nitrogens with zero attached hydrogens (tertiary/aromatic N) is 2. The van der Waals surface area contributed by atoms with Crippen molar-refractivity contribution in [2.24, 2.45) is 0 Å². The lowest BCUT2D eigenvalue weighted by atomic mass is 9.67. The molecule has 0 saturated carbocycles. The van der Waals surface area contributed by atoms with E-state index in [1.54, 1.807) is 0 Å². The minimum absolute atomic E-state index is 0.537. The second-order valence-corrected chi connectivity index (χ2v) is 19.6. The van der Waals surface area contributed by atoms with Crippen molar-refractivity contribution in [3.63, 3.8) is 0 Å². The molecule has 0 atom stereocenters. The molecule has 0 amide bonds. The van der Waals surface area contributed by atoms with Crippen LogP contribution in [0.5, 0.6) is 0 Å². The first-order valence-electron chi connectivity index (χ1n) is 25.9. The average molecular weight is 955 g/mol. The summed E-state index contributed by atoms with van der Waals surface area (Å²) < 4.78 is 2.49. The Labute approximate surface area is 438 Å². The van der Waals surface area contributed by atoms with Gasteiger partial charge in [0.2, 0.25) is 0 Å². The lowest BCUT2D eigenvalue weighted by molar-refractivity contribution is 0.768. The summed E-state index contributed by atoms with van der Waals surface area (Å²) in [4.78, 5) is 2.43. The predicted octanol–water partition coefficient (Wildman–Crippen LogP) is 19.3. The van der Waals surface area contributed by atoms with Crippen LogP contribution >= 0.6 is 0 Å². The molecule has 1 heterocycles. The zero-order chi connectivity index (χ0) is 49.7. The Kier molecular flexibility index (Phi) is 10.8. The largest absolute Gasteiger partial charge is 0.310 e. The maximum atomic E-state index is 2.49. The van der Waals surface area contributed by atoms with Gasteiger partial charge in [-0.1, -0.05) is 231 Å². The van der Waals surface area contributed by atoms with Crippen LogP contribution in [0.4, 0.5) is 17.1 Å². The van der Waals surface area contributed by atoms with Crippen LogP contribution in [-0.4, -0.2) is 4.57 Å².